The predicted octanol–water partition coefficient (Wildman–Crippen LogP) is 5.52. The molecule has 1 amide bonds. The number of nitrogens with zero attached hydrogens (tertiary/aromatic N) is 2. The van der Waals surface area contributed by atoms with E-state index in [9.17, 15) is 4.79 Å². The Morgan fingerprint density at radius 2 is 1.70 bits per heavy atom. The van der Waals surface area contributed by atoms with Crippen molar-refractivity contribution in [1.82, 2.24) is 9.47 Å². The second-order valence-electron chi connectivity index (χ2n) is 6.70. The second kappa shape index (κ2) is 9.43. The standard InChI is InChI=1S/C23H25ClN2O/c1-2-9-23(27)26(16-19-10-4-3-5-11-19)18-21-13-8-15-25(21)17-20-12-6-7-14-22(20)24/h3-8,10-15H,2,9,16-18H2,1H3. The maximum atomic E-state index is 12.7. The maximum absolute atomic E-state index is 12.7. The molecule has 0 saturated heterocycles. The minimum absolute atomic E-state index is 0.187. The Labute approximate surface area is 166 Å². The normalized spacial score (nSPS) is 10.7. The van der Waals surface area contributed by atoms with Crippen LogP contribution in [0.15, 0.2) is 72.9 Å². The first-order chi connectivity index (χ1) is 13.2. The summed E-state index contributed by atoms with van der Waals surface area (Å²) in [4.78, 5) is 14.6. The largest absolute Gasteiger partial charge is 0.345 e. The van der Waals surface area contributed by atoms with Crippen molar-refractivity contribution in [3.8, 4) is 0 Å². The van der Waals surface area contributed by atoms with Gasteiger partial charge in [0, 0.05) is 36.4 Å². The molecule has 2 aromatic carbocycles. The van der Waals surface area contributed by atoms with Crippen molar-refractivity contribution in [3.63, 3.8) is 0 Å². The molecule has 3 aromatic rings. The van der Waals surface area contributed by atoms with Gasteiger partial charge in [0.05, 0.1) is 6.54 Å². The van der Waals surface area contributed by atoms with Gasteiger partial charge in [-0.3, -0.25) is 4.79 Å². The fraction of sp³-hybridized carbons (Fsp3) is 0.261. The molecule has 140 valence electrons. The molecule has 0 radical (unpaired) electrons. The first kappa shape index (κ1) is 19.2. The van der Waals surface area contributed by atoms with Crippen LogP contribution < -0.4 is 0 Å². The monoisotopic (exact) mass is 380 g/mol. The van der Waals surface area contributed by atoms with Crippen LogP contribution in [0.2, 0.25) is 5.02 Å². The molecule has 1 aromatic heterocycles. The van der Waals surface area contributed by atoms with Gasteiger partial charge in [-0.15, -0.1) is 0 Å². The summed E-state index contributed by atoms with van der Waals surface area (Å²) in [5, 5.41) is 0.764. The summed E-state index contributed by atoms with van der Waals surface area (Å²) in [6, 6.07) is 22.1. The zero-order valence-corrected chi connectivity index (χ0v) is 16.4. The van der Waals surface area contributed by atoms with Gasteiger partial charge in [-0.1, -0.05) is 67.1 Å². The Hall–Kier alpha value is -2.52. The number of hydrogen-bond acceptors (Lipinski definition) is 1. The van der Waals surface area contributed by atoms with Crippen LogP contribution >= 0.6 is 11.6 Å². The number of benzene rings is 2. The van der Waals surface area contributed by atoms with E-state index in [0.717, 1.165) is 28.3 Å². The summed E-state index contributed by atoms with van der Waals surface area (Å²) in [6.45, 7) is 3.95. The van der Waals surface area contributed by atoms with Gasteiger partial charge in [0.15, 0.2) is 0 Å². The molecule has 0 aliphatic heterocycles. The number of halogens is 1. The molecular weight excluding hydrogens is 356 g/mol. The highest BCUT2D eigenvalue weighted by Gasteiger charge is 2.16. The molecule has 0 saturated carbocycles. The van der Waals surface area contributed by atoms with Gasteiger partial charge in [0.25, 0.3) is 0 Å². The number of rotatable bonds is 8. The fourth-order valence-electron chi connectivity index (χ4n) is 3.16. The van der Waals surface area contributed by atoms with Crippen molar-refractivity contribution in [1.29, 1.82) is 0 Å². The minimum Gasteiger partial charge on any atom is -0.345 e. The average Bonchev–Trinajstić information content (AvgIpc) is 3.11. The molecule has 27 heavy (non-hydrogen) atoms. The van der Waals surface area contributed by atoms with Crippen molar-refractivity contribution < 1.29 is 4.79 Å². The first-order valence-corrected chi connectivity index (χ1v) is 9.74. The van der Waals surface area contributed by atoms with Crippen LogP contribution in [0.5, 0.6) is 0 Å². The zero-order valence-electron chi connectivity index (χ0n) is 15.6. The van der Waals surface area contributed by atoms with Crippen LogP contribution in [0.3, 0.4) is 0 Å². The van der Waals surface area contributed by atoms with E-state index >= 15 is 0 Å². The number of aromatic nitrogens is 1. The van der Waals surface area contributed by atoms with E-state index in [2.05, 4.69) is 22.8 Å². The molecule has 0 aliphatic rings. The maximum Gasteiger partial charge on any atom is 0.223 e. The van der Waals surface area contributed by atoms with Crippen LogP contribution in [0.4, 0.5) is 0 Å². The smallest absolute Gasteiger partial charge is 0.223 e. The first-order valence-electron chi connectivity index (χ1n) is 9.36. The highest BCUT2D eigenvalue weighted by Crippen LogP contribution is 2.19. The third-order valence-electron chi connectivity index (χ3n) is 4.61. The highest BCUT2D eigenvalue weighted by atomic mass is 35.5. The van der Waals surface area contributed by atoms with Crippen molar-refractivity contribution in [2.75, 3.05) is 0 Å². The molecule has 4 heteroatoms. The molecular formula is C23H25ClN2O. The van der Waals surface area contributed by atoms with Crippen molar-refractivity contribution >= 4 is 17.5 Å². The summed E-state index contributed by atoms with van der Waals surface area (Å²) in [7, 11) is 0. The Bertz CT molecular complexity index is 873. The molecule has 0 unspecified atom stereocenters. The second-order valence-corrected chi connectivity index (χ2v) is 7.11. The lowest BCUT2D eigenvalue weighted by Gasteiger charge is -2.24. The van der Waals surface area contributed by atoms with Gasteiger partial charge in [0.2, 0.25) is 5.91 Å². The van der Waals surface area contributed by atoms with Crippen molar-refractivity contribution in [2.24, 2.45) is 0 Å². The predicted molar refractivity (Wildman–Crippen MR) is 111 cm³/mol. The van der Waals surface area contributed by atoms with Crippen LogP contribution in [0, 0.1) is 0 Å². The van der Waals surface area contributed by atoms with E-state index in [1.165, 1.54) is 0 Å². The molecule has 0 N–H and O–H groups in total. The lowest BCUT2D eigenvalue weighted by Crippen LogP contribution is -2.30. The SMILES string of the molecule is CCCC(=O)N(Cc1ccccc1)Cc1cccn1Cc1ccccc1Cl. The van der Waals surface area contributed by atoms with E-state index in [-0.39, 0.29) is 5.91 Å². The lowest BCUT2D eigenvalue weighted by atomic mass is 10.2. The average molecular weight is 381 g/mol. The quantitative estimate of drug-likeness (QED) is 0.505. The molecule has 0 atom stereocenters. The summed E-state index contributed by atoms with van der Waals surface area (Å²) in [5.41, 5.74) is 3.33. The van der Waals surface area contributed by atoms with Crippen molar-refractivity contribution in [3.05, 3.63) is 94.8 Å². The summed E-state index contributed by atoms with van der Waals surface area (Å²) in [5.74, 6) is 0.187. The topological polar surface area (TPSA) is 25.2 Å². The summed E-state index contributed by atoms with van der Waals surface area (Å²) in [6.07, 6.45) is 3.46. The van der Waals surface area contributed by atoms with Gasteiger partial charge >= 0.3 is 0 Å². The lowest BCUT2D eigenvalue weighted by molar-refractivity contribution is -0.132. The van der Waals surface area contributed by atoms with E-state index < -0.39 is 0 Å². The molecule has 3 nitrogen and oxygen atoms in total. The summed E-state index contributed by atoms with van der Waals surface area (Å²) >= 11 is 6.32. The molecule has 0 fully saturated rings. The van der Waals surface area contributed by atoms with Gasteiger partial charge in [-0.05, 0) is 35.7 Å². The van der Waals surface area contributed by atoms with Gasteiger partial charge in [0.1, 0.15) is 0 Å². The van der Waals surface area contributed by atoms with Crippen LogP contribution in [0.1, 0.15) is 36.6 Å². The minimum atomic E-state index is 0.187. The highest BCUT2D eigenvalue weighted by molar-refractivity contribution is 6.31. The fourth-order valence-corrected chi connectivity index (χ4v) is 3.36. The van der Waals surface area contributed by atoms with Gasteiger partial charge in [-0.2, -0.15) is 0 Å². The van der Waals surface area contributed by atoms with Crippen LogP contribution in [-0.2, 0) is 24.4 Å². The Balaban J connectivity index is 1.79. The van der Waals surface area contributed by atoms with Gasteiger partial charge in [-0.25, -0.2) is 0 Å². The molecule has 3 rings (SSSR count). The van der Waals surface area contributed by atoms with Crippen LogP contribution in [0.25, 0.3) is 0 Å². The van der Waals surface area contributed by atoms with E-state index in [4.69, 9.17) is 11.6 Å². The number of carbonyl (C=O) groups excluding carboxylic acids is 1. The zero-order chi connectivity index (χ0) is 19.1. The number of carbonyl (C=O) groups is 1. The van der Waals surface area contributed by atoms with E-state index in [0.29, 0.717) is 26.1 Å². The molecule has 0 aliphatic carbocycles. The van der Waals surface area contributed by atoms with E-state index in [1.807, 2.05) is 66.6 Å². The molecule has 0 bridgehead atoms. The Morgan fingerprint density at radius 3 is 2.44 bits per heavy atom. The third-order valence-corrected chi connectivity index (χ3v) is 4.98. The number of hydrogen-bond donors (Lipinski definition) is 0. The van der Waals surface area contributed by atoms with Gasteiger partial charge < -0.3 is 9.47 Å². The Kier molecular flexibility index (Phi) is 6.72. The third kappa shape index (κ3) is 5.24. The van der Waals surface area contributed by atoms with Crippen molar-refractivity contribution in [2.45, 2.75) is 39.4 Å². The number of amides is 1. The van der Waals surface area contributed by atoms with Crippen LogP contribution in [-0.4, -0.2) is 15.4 Å². The molecule has 0 spiro atoms. The summed E-state index contributed by atoms with van der Waals surface area (Å²) < 4.78 is 2.17. The Morgan fingerprint density at radius 1 is 0.963 bits per heavy atom. The molecule has 1 heterocycles. The van der Waals surface area contributed by atoms with E-state index in [1.54, 1.807) is 0 Å².